The van der Waals surface area contributed by atoms with Gasteiger partial charge in [-0.15, -0.1) is 0 Å². The molecule has 0 amide bonds. The maximum absolute atomic E-state index is 12.6. The summed E-state index contributed by atoms with van der Waals surface area (Å²) in [5.41, 5.74) is 3.14. The Kier molecular flexibility index (Phi) is 8.43. The van der Waals surface area contributed by atoms with E-state index >= 15 is 0 Å². The molecule has 3 nitrogen and oxygen atoms in total. The van der Waals surface area contributed by atoms with Gasteiger partial charge in [-0.05, 0) is 72.9 Å². The highest BCUT2D eigenvalue weighted by Crippen LogP contribution is 2.30. The van der Waals surface area contributed by atoms with E-state index in [1.54, 1.807) is 0 Å². The molecule has 0 bridgehead atoms. The number of carboxylic acid groups (broad SMARTS) is 1. The van der Waals surface area contributed by atoms with Crippen LogP contribution in [0.15, 0.2) is 66.7 Å². The van der Waals surface area contributed by atoms with Gasteiger partial charge in [-0.2, -0.15) is 0 Å². The third kappa shape index (κ3) is 6.54. The standard InChI is InChI=1S/C30H36O3/c1-22(26-15-8-13-24-12-6-7-14-27(24)26)10-4-5-11-23-18-20-25(21-19-23)30(2,3)28(31)16-9-17-29(32)33/h6-8,12-15,18-22H,4-5,9-11,16-17H2,1-3H3,(H,32,33)/t22-/m0/s1. The summed E-state index contributed by atoms with van der Waals surface area (Å²) in [5, 5.41) is 11.5. The van der Waals surface area contributed by atoms with Crippen molar-refractivity contribution in [1.82, 2.24) is 0 Å². The molecule has 0 aliphatic heterocycles. The normalized spacial score (nSPS) is 12.6. The first-order valence-electron chi connectivity index (χ1n) is 12.1. The summed E-state index contributed by atoms with van der Waals surface area (Å²) in [6.07, 6.45) is 5.27. The summed E-state index contributed by atoms with van der Waals surface area (Å²) in [7, 11) is 0. The summed E-state index contributed by atoms with van der Waals surface area (Å²) >= 11 is 0. The highest BCUT2D eigenvalue weighted by molar-refractivity contribution is 5.89. The van der Waals surface area contributed by atoms with Crippen LogP contribution in [0.2, 0.25) is 0 Å². The van der Waals surface area contributed by atoms with Gasteiger partial charge in [0.1, 0.15) is 5.78 Å². The topological polar surface area (TPSA) is 54.4 Å². The van der Waals surface area contributed by atoms with E-state index in [1.165, 1.54) is 34.7 Å². The SMILES string of the molecule is C[C@@H](CCCCc1ccc(C(C)(C)C(=O)CCCC(=O)O)cc1)c1cccc2ccccc12. The molecule has 3 aromatic carbocycles. The van der Waals surface area contributed by atoms with E-state index in [0.717, 1.165) is 18.4 Å². The average molecular weight is 445 g/mol. The number of carbonyl (C=O) groups excluding carboxylic acids is 1. The van der Waals surface area contributed by atoms with Gasteiger partial charge in [-0.3, -0.25) is 9.59 Å². The first-order valence-corrected chi connectivity index (χ1v) is 12.1. The minimum absolute atomic E-state index is 0.0415. The molecule has 0 heterocycles. The third-order valence-electron chi connectivity index (χ3n) is 6.87. The number of aliphatic carboxylic acids is 1. The molecule has 0 radical (unpaired) electrons. The maximum atomic E-state index is 12.6. The predicted molar refractivity (Wildman–Crippen MR) is 136 cm³/mol. The molecule has 33 heavy (non-hydrogen) atoms. The molecule has 0 saturated carbocycles. The highest BCUT2D eigenvalue weighted by atomic mass is 16.4. The van der Waals surface area contributed by atoms with Crippen LogP contribution in [-0.2, 0) is 21.4 Å². The molecule has 0 aliphatic carbocycles. The van der Waals surface area contributed by atoms with Crippen molar-refractivity contribution in [3.8, 4) is 0 Å². The quantitative estimate of drug-likeness (QED) is 0.295. The molecule has 174 valence electrons. The van der Waals surface area contributed by atoms with Crippen LogP contribution < -0.4 is 0 Å². The molecule has 1 N–H and O–H groups in total. The number of benzene rings is 3. The van der Waals surface area contributed by atoms with Gasteiger partial charge in [-0.25, -0.2) is 0 Å². The second kappa shape index (κ2) is 11.3. The number of Topliss-reactive ketones (excluding diaryl/α,β-unsaturated/α-hetero) is 1. The molecule has 0 spiro atoms. The highest BCUT2D eigenvalue weighted by Gasteiger charge is 2.28. The monoisotopic (exact) mass is 444 g/mol. The Labute approximate surface area is 197 Å². The molecule has 0 unspecified atom stereocenters. The molecule has 1 atom stereocenters. The molecule has 0 saturated heterocycles. The van der Waals surface area contributed by atoms with Crippen molar-refractivity contribution >= 4 is 22.5 Å². The number of hydrogen-bond acceptors (Lipinski definition) is 2. The Morgan fingerprint density at radius 1 is 0.848 bits per heavy atom. The van der Waals surface area contributed by atoms with Crippen LogP contribution >= 0.6 is 0 Å². The Morgan fingerprint density at radius 3 is 2.27 bits per heavy atom. The third-order valence-corrected chi connectivity index (χ3v) is 6.87. The first-order chi connectivity index (χ1) is 15.8. The van der Waals surface area contributed by atoms with Crippen LogP contribution in [0.25, 0.3) is 10.8 Å². The first kappa shape index (κ1) is 24.7. The van der Waals surface area contributed by atoms with Crippen LogP contribution in [-0.4, -0.2) is 16.9 Å². The molecule has 0 aromatic heterocycles. The zero-order chi connectivity index (χ0) is 23.8. The Morgan fingerprint density at radius 2 is 1.55 bits per heavy atom. The lowest BCUT2D eigenvalue weighted by Crippen LogP contribution is -2.29. The number of carboxylic acids is 1. The lowest BCUT2D eigenvalue weighted by molar-refractivity contribution is -0.137. The fourth-order valence-electron chi connectivity index (χ4n) is 4.58. The number of carbonyl (C=O) groups is 2. The summed E-state index contributed by atoms with van der Waals surface area (Å²) in [4.78, 5) is 23.3. The fourth-order valence-corrected chi connectivity index (χ4v) is 4.58. The number of hydrogen-bond donors (Lipinski definition) is 1. The number of unbranched alkanes of at least 4 members (excludes halogenated alkanes) is 1. The lowest BCUT2D eigenvalue weighted by atomic mass is 9.78. The van der Waals surface area contributed by atoms with Crippen molar-refractivity contribution in [3.63, 3.8) is 0 Å². The van der Waals surface area contributed by atoms with E-state index in [0.29, 0.717) is 18.8 Å². The smallest absolute Gasteiger partial charge is 0.303 e. The van der Waals surface area contributed by atoms with Crippen LogP contribution in [0, 0.1) is 0 Å². The van der Waals surface area contributed by atoms with Crippen LogP contribution in [0.3, 0.4) is 0 Å². The van der Waals surface area contributed by atoms with Crippen LogP contribution in [0.4, 0.5) is 0 Å². The van der Waals surface area contributed by atoms with E-state index in [-0.39, 0.29) is 12.2 Å². The van der Waals surface area contributed by atoms with Crippen molar-refractivity contribution in [2.24, 2.45) is 0 Å². The van der Waals surface area contributed by atoms with E-state index < -0.39 is 11.4 Å². The van der Waals surface area contributed by atoms with Gasteiger partial charge >= 0.3 is 5.97 Å². The van der Waals surface area contributed by atoms with Gasteiger partial charge in [0, 0.05) is 18.3 Å². The second-order valence-corrected chi connectivity index (χ2v) is 9.71. The summed E-state index contributed by atoms with van der Waals surface area (Å²) in [5.74, 6) is -0.221. The molecule has 3 aromatic rings. The average Bonchev–Trinajstić information content (AvgIpc) is 2.81. The summed E-state index contributed by atoms with van der Waals surface area (Å²) in [6.45, 7) is 6.19. The van der Waals surface area contributed by atoms with Crippen molar-refractivity contribution in [3.05, 3.63) is 83.4 Å². The maximum Gasteiger partial charge on any atom is 0.303 e. The fraction of sp³-hybridized carbons (Fsp3) is 0.400. The van der Waals surface area contributed by atoms with Gasteiger partial charge in [0.2, 0.25) is 0 Å². The van der Waals surface area contributed by atoms with Crippen molar-refractivity contribution in [2.75, 3.05) is 0 Å². The summed E-state index contributed by atoms with van der Waals surface area (Å²) in [6, 6.07) is 23.6. The number of rotatable bonds is 12. The predicted octanol–water partition coefficient (Wildman–Crippen LogP) is 7.46. The molecular formula is C30H36O3. The van der Waals surface area contributed by atoms with Gasteiger partial charge in [0.15, 0.2) is 0 Å². The van der Waals surface area contributed by atoms with Crippen LogP contribution in [0.1, 0.15) is 81.9 Å². The number of fused-ring (bicyclic) bond motifs is 1. The van der Waals surface area contributed by atoms with Crippen molar-refractivity contribution in [1.29, 1.82) is 0 Å². The van der Waals surface area contributed by atoms with Gasteiger partial charge in [0.05, 0.1) is 0 Å². The largest absolute Gasteiger partial charge is 0.481 e. The Bertz CT molecular complexity index is 1070. The summed E-state index contributed by atoms with van der Waals surface area (Å²) < 4.78 is 0. The van der Waals surface area contributed by atoms with E-state index in [1.807, 2.05) is 13.8 Å². The zero-order valence-electron chi connectivity index (χ0n) is 20.1. The minimum Gasteiger partial charge on any atom is -0.481 e. The lowest BCUT2D eigenvalue weighted by Gasteiger charge is -2.24. The van der Waals surface area contributed by atoms with Gasteiger partial charge < -0.3 is 5.11 Å². The van der Waals surface area contributed by atoms with E-state index in [2.05, 4.69) is 73.7 Å². The molecule has 3 heteroatoms. The Balaban J connectivity index is 1.49. The molecule has 3 rings (SSSR count). The minimum atomic E-state index is -0.850. The molecule has 0 fully saturated rings. The Hall–Kier alpha value is -2.94. The van der Waals surface area contributed by atoms with E-state index in [9.17, 15) is 9.59 Å². The van der Waals surface area contributed by atoms with Gasteiger partial charge in [-0.1, -0.05) is 80.1 Å². The second-order valence-electron chi connectivity index (χ2n) is 9.71. The molecular weight excluding hydrogens is 408 g/mol. The van der Waals surface area contributed by atoms with Crippen LogP contribution in [0.5, 0.6) is 0 Å². The number of aryl methyl sites for hydroxylation is 1. The van der Waals surface area contributed by atoms with E-state index in [4.69, 9.17) is 5.11 Å². The molecule has 0 aliphatic rings. The number of ketones is 1. The van der Waals surface area contributed by atoms with Crippen molar-refractivity contribution < 1.29 is 14.7 Å². The zero-order valence-corrected chi connectivity index (χ0v) is 20.1. The van der Waals surface area contributed by atoms with Gasteiger partial charge in [0.25, 0.3) is 0 Å². The van der Waals surface area contributed by atoms with Crippen molar-refractivity contribution in [2.45, 2.75) is 77.0 Å².